The lowest BCUT2D eigenvalue weighted by atomic mass is 9.79. The quantitative estimate of drug-likeness (QED) is 0.252. The maximum Gasteiger partial charge on any atom is 0.0972 e. The first-order valence-corrected chi connectivity index (χ1v) is 11.4. The third-order valence-corrected chi connectivity index (χ3v) is 7.25. The maximum atomic E-state index is 5.22. The fourth-order valence-electron chi connectivity index (χ4n) is 5.73. The van der Waals surface area contributed by atoms with Crippen LogP contribution in [0.1, 0.15) is 25.0 Å². The van der Waals surface area contributed by atoms with Crippen LogP contribution in [0.3, 0.4) is 0 Å². The van der Waals surface area contributed by atoms with Crippen molar-refractivity contribution in [2.45, 2.75) is 19.3 Å². The van der Waals surface area contributed by atoms with Crippen LogP contribution in [0.25, 0.3) is 55.0 Å². The Morgan fingerprint density at radius 3 is 2.27 bits per heavy atom. The Morgan fingerprint density at radius 2 is 1.36 bits per heavy atom. The highest BCUT2D eigenvalue weighted by atomic mass is 14.8. The highest BCUT2D eigenvalue weighted by Gasteiger charge is 2.38. The van der Waals surface area contributed by atoms with Gasteiger partial charge in [-0.15, -0.1) is 0 Å². The van der Waals surface area contributed by atoms with Crippen molar-refractivity contribution < 1.29 is 0 Å². The van der Waals surface area contributed by atoms with Gasteiger partial charge in [0.2, 0.25) is 0 Å². The van der Waals surface area contributed by atoms with Crippen LogP contribution >= 0.6 is 0 Å². The zero-order valence-electron chi connectivity index (χ0n) is 18.6. The van der Waals surface area contributed by atoms with E-state index in [0.717, 1.165) is 27.5 Å². The van der Waals surface area contributed by atoms with Crippen molar-refractivity contribution in [1.29, 1.82) is 0 Å². The van der Waals surface area contributed by atoms with Crippen molar-refractivity contribution in [2.75, 3.05) is 0 Å². The van der Waals surface area contributed by atoms with E-state index in [1.807, 2.05) is 12.3 Å². The number of aromatic nitrogens is 2. The summed E-state index contributed by atoms with van der Waals surface area (Å²) in [5, 5.41) is 4.81. The molecule has 2 heterocycles. The summed E-state index contributed by atoms with van der Waals surface area (Å²) in [6.07, 6.45) is 1.85. The van der Waals surface area contributed by atoms with Crippen molar-refractivity contribution in [2.24, 2.45) is 0 Å². The van der Waals surface area contributed by atoms with E-state index in [9.17, 15) is 0 Å². The second kappa shape index (κ2) is 6.49. The van der Waals surface area contributed by atoms with E-state index in [2.05, 4.69) is 104 Å². The molecule has 1 aliphatic rings. The molecule has 0 saturated carbocycles. The number of hydrogen-bond acceptors (Lipinski definition) is 2. The van der Waals surface area contributed by atoms with Gasteiger partial charge in [-0.1, -0.05) is 86.6 Å². The van der Waals surface area contributed by atoms with Gasteiger partial charge >= 0.3 is 0 Å². The smallest absolute Gasteiger partial charge is 0.0972 e. The number of benzene rings is 4. The molecule has 0 fully saturated rings. The van der Waals surface area contributed by atoms with Crippen LogP contribution in [0.15, 0.2) is 97.2 Å². The number of pyridine rings is 2. The van der Waals surface area contributed by atoms with Crippen LogP contribution in [0, 0.1) is 0 Å². The molecule has 0 spiro atoms. The summed E-state index contributed by atoms with van der Waals surface area (Å²) < 4.78 is 0. The van der Waals surface area contributed by atoms with Gasteiger partial charge in [0.1, 0.15) is 0 Å². The summed E-state index contributed by atoms with van der Waals surface area (Å²) in [6, 6.07) is 32.6. The van der Waals surface area contributed by atoms with Gasteiger partial charge in [0, 0.05) is 27.9 Å². The van der Waals surface area contributed by atoms with Gasteiger partial charge in [-0.25, -0.2) is 4.98 Å². The Labute approximate surface area is 192 Å². The van der Waals surface area contributed by atoms with Gasteiger partial charge in [-0.05, 0) is 51.2 Å². The Morgan fingerprint density at radius 1 is 0.636 bits per heavy atom. The van der Waals surface area contributed by atoms with Gasteiger partial charge in [0.15, 0.2) is 0 Å². The molecule has 0 atom stereocenters. The van der Waals surface area contributed by atoms with Gasteiger partial charge in [-0.3, -0.25) is 4.98 Å². The van der Waals surface area contributed by atoms with Gasteiger partial charge in [0.05, 0.1) is 16.7 Å². The molecule has 0 amide bonds. The summed E-state index contributed by atoms with van der Waals surface area (Å²) in [4.78, 5) is 9.88. The molecule has 2 aromatic heterocycles. The van der Waals surface area contributed by atoms with Crippen LogP contribution in [0.2, 0.25) is 0 Å². The topological polar surface area (TPSA) is 25.8 Å². The van der Waals surface area contributed by atoms with E-state index in [1.165, 1.54) is 38.6 Å². The van der Waals surface area contributed by atoms with Crippen molar-refractivity contribution in [3.05, 3.63) is 108 Å². The number of rotatable bonds is 1. The van der Waals surface area contributed by atoms with Crippen LogP contribution in [-0.4, -0.2) is 9.97 Å². The molecule has 2 heteroatoms. The fourth-order valence-corrected chi connectivity index (χ4v) is 5.73. The minimum Gasteiger partial charge on any atom is -0.254 e. The van der Waals surface area contributed by atoms with Crippen LogP contribution in [-0.2, 0) is 5.41 Å². The highest BCUT2D eigenvalue weighted by molar-refractivity contribution is 6.06. The molecule has 7 rings (SSSR count). The Balaban J connectivity index is 1.62. The Hall–Kier alpha value is -4.04. The largest absolute Gasteiger partial charge is 0.254 e. The average molecular weight is 423 g/mol. The zero-order valence-corrected chi connectivity index (χ0v) is 18.6. The van der Waals surface area contributed by atoms with Crippen molar-refractivity contribution in [3.63, 3.8) is 0 Å². The molecule has 0 N–H and O–H groups in total. The molecule has 0 unspecified atom stereocenters. The summed E-state index contributed by atoms with van der Waals surface area (Å²) >= 11 is 0. The third kappa shape index (κ3) is 2.49. The Kier molecular flexibility index (Phi) is 3.64. The monoisotopic (exact) mass is 422 g/mol. The fraction of sp³-hybridized carbons (Fsp3) is 0.0968. The van der Waals surface area contributed by atoms with Gasteiger partial charge < -0.3 is 0 Å². The molecule has 0 saturated heterocycles. The number of hydrogen-bond donors (Lipinski definition) is 0. The summed E-state index contributed by atoms with van der Waals surface area (Å²) in [5.74, 6) is 0. The van der Waals surface area contributed by atoms with Crippen LogP contribution in [0.5, 0.6) is 0 Å². The SMILES string of the molecule is CC1(C)c2ccccc2-c2c(-c3ccc4ccc5cccnc5c4n3)cc3ccccc3c21. The molecule has 33 heavy (non-hydrogen) atoms. The maximum absolute atomic E-state index is 5.22. The first-order valence-electron chi connectivity index (χ1n) is 11.4. The zero-order chi connectivity index (χ0) is 22.2. The van der Waals surface area contributed by atoms with Crippen molar-refractivity contribution in [3.8, 4) is 22.4 Å². The molecule has 0 bridgehead atoms. The van der Waals surface area contributed by atoms with Crippen molar-refractivity contribution >= 4 is 32.6 Å². The highest BCUT2D eigenvalue weighted by Crippen LogP contribution is 2.54. The molecule has 2 nitrogen and oxygen atoms in total. The summed E-state index contributed by atoms with van der Waals surface area (Å²) in [5.41, 5.74) is 9.43. The Bertz CT molecular complexity index is 1740. The first kappa shape index (κ1) is 18.5. The third-order valence-electron chi connectivity index (χ3n) is 7.25. The average Bonchev–Trinajstić information content (AvgIpc) is 3.11. The summed E-state index contributed by atoms with van der Waals surface area (Å²) in [6.45, 7) is 4.69. The first-order chi connectivity index (χ1) is 16.1. The van der Waals surface area contributed by atoms with Crippen LogP contribution in [0.4, 0.5) is 0 Å². The van der Waals surface area contributed by atoms with E-state index in [0.29, 0.717) is 0 Å². The summed E-state index contributed by atoms with van der Waals surface area (Å²) in [7, 11) is 0. The van der Waals surface area contributed by atoms with Crippen LogP contribution < -0.4 is 0 Å². The lowest BCUT2D eigenvalue weighted by Gasteiger charge is -2.24. The predicted molar refractivity (Wildman–Crippen MR) is 138 cm³/mol. The van der Waals surface area contributed by atoms with E-state index < -0.39 is 0 Å². The molecule has 4 aromatic carbocycles. The standard InChI is InChI=1S/C31H22N2/c1-31(2)25-12-6-5-11-23(25)27-24(18-21-8-3-4-10-22(21)28(27)31)26-16-15-20-14-13-19-9-7-17-32-29(19)30(20)33-26/h3-18H,1-2H3. The minimum absolute atomic E-state index is 0.0767. The van der Waals surface area contributed by atoms with Gasteiger partial charge in [-0.2, -0.15) is 0 Å². The van der Waals surface area contributed by atoms with Gasteiger partial charge in [0.25, 0.3) is 0 Å². The molecule has 1 aliphatic carbocycles. The molecule has 156 valence electrons. The minimum atomic E-state index is -0.0767. The molecule has 6 aromatic rings. The lowest BCUT2D eigenvalue weighted by molar-refractivity contribution is 0.666. The van der Waals surface area contributed by atoms with E-state index in [4.69, 9.17) is 4.98 Å². The molecule has 0 radical (unpaired) electrons. The molecular formula is C31H22N2. The molecular weight excluding hydrogens is 400 g/mol. The molecule has 0 aliphatic heterocycles. The lowest BCUT2D eigenvalue weighted by Crippen LogP contribution is -2.15. The second-order valence-corrected chi connectivity index (χ2v) is 9.47. The number of nitrogens with zero attached hydrogens (tertiary/aromatic N) is 2. The van der Waals surface area contributed by atoms with E-state index in [-0.39, 0.29) is 5.41 Å². The second-order valence-electron chi connectivity index (χ2n) is 9.47. The number of fused-ring (bicyclic) bond motifs is 8. The predicted octanol–water partition coefficient (Wildman–Crippen LogP) is 7.91. The normalized spacial score (nSPS) is 14.0. The van der Waals surface area contributed by atoms with E-state index in [1.54, 1.807) is 0 Å². The van der Waals surface area contributed by atoms with E-state index >= 15 is 0 Å². The van der Waals surface area contributed by atoms with Crippen molar-refractivity contribution in [1.82, 2.24) is 9.97 Å².